The predicted molar refractivity (Wildman–Crippen MR) is 85.7 cm³/mol. The Morgan fingerprint density at radius 2 is 2.05 bits per heavy atom. The first-order valence-corrected chi connectivity index (χ1v) is 9.49. The molecule has 1 aliphatic rings. The fraction of sp³-hybridized carbons (Fsp3) is 0.562. The van der Waals surface area contributed by atoms with Gasteiger partial charge in [-0.15, -0.1) is 0 Å². The van der Waals surface area contributed by atoms with Gasteiger partial charge < -0.3 is 5.11 Å². The van der Waals surface area contributed by atoms with Crippen LogP contribution in [0.3, 0.4) is 0 Å². The lowest BCUT2D eigenvalue weighted by molar-refractivity contribution is -0.134. The van der Waals surface area contributed by atoms with Crippen LogP contribution in [0, 0.1) is 0 Å². The third-order valence-corrected chi connectivity index (χ3v) is 5.58. The molecule has 0 heterocycles. The molecule has 1 aromatic rings. The number of carbonyl (C=O) groups is 1. The quantitative estimate of drug-likeness (QED) is 0.790. The van der Waals surface area contributed by atoms with Crippen LogP contribution in [0.4, 0.5) is 0 Å². The van der Waals surface area contributed by atoms with Gasteiger partial charge in [0, 0.05) is 12.6 Å². The van der Waals surface area contributed by atoms with E-state index in [1.54, 1.807) is 0 Å². The zero-order valence-corrected chi connectivity index (χ0v) is 13.7. The molecule has 0 radical (unpaired) electrons. The molecule has 122 valence electrons. The minimum absolute atomic E-state index is 0.0992. The number of nitrogens with zero attached hydrogens (tertiary/aromatic N) is 1. The summed E-state index contributed by atoms with van der Waals surface area (Å²) in [5, 5.41) is 8.67. The van der Waals surface area contributed by atoms with E-state index in [9.17, 15) is 13.2 Å². The molecule has 2 rings (SSSR count). The van der Waals surface area contributed by atoms with Gasteiger partial charge in [-0.25, -0.2) is 8.42 Å². The topological polar surface area (TPSA) is 74.7 Å². The van der Waals surface area contributed by atoms with Gasteiger partial charge in [-0.1, -0.05) is 31.2 Å². The van der Waals surface area contributed by atoms with E-state index in [-0.39, 0.29) is 11.8 Å². The van der Waals surface area contributed by atoms with Crippen LogP contribution in [0.1, 0.15) is 36.9 Å². The van der Waals surface area contributed by atoms with Crippen LogP contribution in [-0.2, 0) is 21.1 Å². The van der Waals surface area contributed by atoms with E-state index < -0.39 is 21.6 Å². The number of carboxylic acid groups (broad SMARTS) is 1. The summed E-state index contributed by atoms with van der Waals surface area (Å²) in [6.07, 6.45) is 2.96. The smallest absolute Gasteiger partial charge is 0.318 e. The lowest BCUT2D eigenvalue weighted by atomic mass is 10.1. The lowest BCUT2D eigenvalue weighted by Gasteiger charge is -2.29. The van der Waals surface area contributed by atoms with E-state index in [1.165, 1.54) is 11.1 Å². The molecular formula is C16H23NO4S. The van der Waals surface area contributed by atoms with E-state index in [0.717, 1.165) is 25.8 Å². The number of aryl methyl sites for hydroxylation is 1. The van der Waals surface area contributed by atoms with Crippen LogP contribution in [0.15, 0.2) is 24.3 Å². The molecule has 1 aliphatic carbocycles. The monoisotopic (exact) mass is 325 g/mol. The molecule has 5 nitrogen and oxygen atoms in total. The van der Waals surface area contributed by atoms with Crippen molar-refractivity contribution < 1.29 is 18.3 Å². The molecule has 0 bridgehead atoms. The second-order valence-electron chi connectivity index (χ2n) is 5.78. The van der Waals surface area contributed by atoms with Gasteiger partial charge in [-0.05, 0) is 36.9 Å². The van der Waals surface area contributed by atoms with Crippen molar-refractivity contribution in [1.29, 1.82) is 0 Å². The van der Waals surface area contributed by atoms with E-state index in [4.69, 9.17) is 5.11 Å². The van der Waals surface area contributed by atoms with Crippen molar-refractivity contribution in [2.75, 3.05) is 24.6 Å². The Labute approximate surface area is 131 Å². The third kappa shape index (κ3) is 4.30. The maximum absolute atomic E-state index is 11.8. The Morgan fingerprint density at radius 3 is 2.73 bits per heavy atom. The third-order valence-electron chi connectivity index (χ3n) is 4.09. The second-order valence-corrected chi connectivity index (χ2v) is 7.96. The number of hydrogen-bond acceptors (Lipinski definition) is 4. The molecule has 1 aromatic carbocycles. The summed E-state index contributed by atoms with van der Waals surface area (Å²) in [5.74, 6) is -2.17. The molecule has 0 aliphatic heterocycles. The van der Waals surface area contributed by atoms with Gasteiger partial charge in [-0.2, -0.15) is 0 Å². The number of sulfone groups is 1. The van der Waals surface area contributed by atoms with Crippen LogP contribution in [0.25, 0.3) is 0 Å². The van der Waals surface area contributed by atoms with Crippen LogP contribution in [0.5, 0.6) is 0 Å². The summed E-state index contributed by atoms with van der Waals surface area (Å²) in [7, 11) is -3.54. The van der Waals surface area contributed by atoms with Crippen molar-refractivity contribution in [3.8, 4) is 0 Å². The fourth-order valence-corrected chi connectivity index (χ4v) is 4.17. The normalized spacial score (nSPS) is 17.6. The highest BCUT2D eigenvalue weighted by molar-refractivity contribution is 7.92. The molecule has 22 heavy (non-hydrogen) atoms. The number of aliphatic carboxylic acids is 1. The first-order valence-electron chi connectivity index (χ1n) is 7.67. The summed E-state index contributed by atoms with van der Waals surface area (Å²) in [5.41, 5.74) is 2.62. The molecule has 0 fully saturated rings. The fourth-order valence-electron chi connectivity index (χ4n) is 3.14. The van der Waals surface area contributed by atoms with Crippen LogP contribution < -0.4 is 0 Å². The second kappa shape index (κ2) is 7.24. The van der Waals surface area contributed by atoms with Crippen LogP contribution in [0.2, 0.25) is 0 Å². The first-order chi connectivity index (χ1) is 10.4. The largest absolute Gasteiger partial charge is 0.480 e. The summed E-state index contributed by atoms with van der Waals surface area (Å²) in [6, 6.07) is 8.53. The molecular weight excluding hydrogens is 302 g/mol. The summed E-state index contributed by atoms with van der Waals surface area (Å²) < 4.78 is 23.6. The van der Waals surface area contributed by atoms with Crippen molar-refractivity contribution in [2.45, 2.75) is 32.2 Å². The van der Waals surface area contributed by atoms with Crippen molar-refractivity contribution in [3.63, 3.8) is 0 Å². The maximum atomic E-state index is 11.8. The molecule has 0 saturated heterocycles. The Balaban J connectivity index is 2.07. The minimum Gasteiger partial charge on any atom is -0.480 e. The number of fused-ring (bicyclic) bond motifs is 1. The SMILES string of the molecule is CCCN(CCS(=O)(=O)CC(=O)O)C1CCc2ccccc21. The standard InChI is InChI=1S/C16H23NO4S/c1-2-9-17(10-11-22(20,21)12-16(18)19)15-8-7-13-5-3-4-6-14(13)15/h3-6,15H,2,7-12H2,1H3,(H,18,19). The van der Waals surface area contributed by atoms with Crippen molar-refractivity contribution >= 4 is 15.8 Å². The Bertz CT molecular complexity index is 627. The molecule has 0 aromatic heterocycles. The molecule has 6 heteroatoms. The van der Waals surface area contributed by atoms with Gasteiger partial charge in [-0.3, -0.25) is 9.69 Å². The van der Waals surface area contributed by atoms with E-state index in [2.05, 4.69) is 24.0 Å². The summed E-state index contributed by atoms with van der Waals surface area (Å²) >= 11 is 0. The maximum Gasteiger partial charge on any atom is 0.318 e. The summed E-state index contributed by atoms with van der Waals surface area (Å²) in [4.78, 5) is 12.8. The molecule has 0 saturated carbocycles. The van der Waals surface area contributed by atoms with Gasteiger partial charge in [0.05, 0.1) is 5.75 Å². The van der Waals surface area contributed by atoms with Crippen molar-refractivity contribution in [3.05, 3.63) is 35.4 Å². The Morgan fingerprint density at radius 1 is 1.32 bits per heavy atom. The zero-order valence-electron chi connectivity index (χ0n) is 12.9. The molecule has 1 atom stereocenters. The van der Waals surface area contributed by atoms with Crippen molar-refractivity contribution in [1.82, 2.24) is 4.90 Å². The number of hydrogen-bond donors (Lipinski definition) is 1. The zero-order chi connectivity index (χ0) is 16.2. The van der Waals surface area contributed by atoms with Gasteiger partial charge >= 0.3 is 5.97 Å². The number of rotatable bonds is 8. The number of carboxylic acids is 1. The average molecular weight is 325 g/mol. The van der Waals surface area contributed by atoms with E-state index in [0.29, 0.717) is 6.54 Å². The summed E-state index contributed by atoms with van der Waals surface area (Å²) in [6.45, 7) is 3.28. The van der Waals surface area contributed by atoms with E-state index >= 15 is 0 Å². The van der Waals surface area contributed by atoms with Gasteiger partial charge in [0.2, 0.25) is 0 Å². The minimum atomic E-state index is -3.54. The molecule has 1 N–H and O–H groups in total. The van der Waals surface area contributed by atoms with Gasteiger partial charge in [0.1, 0.15) is 5.75 Å². The van der Waals surface area contributed by atoms with Crippen LogP contribution >= 0.6 is 0 Å². The highest BCUT2D eigenvalue weighted by Gasteiger charge is 2.28. The molecule has 1 unspecified atom stereocenters. The molecule has 0 amide bonds. The lowest BCUT2D eigenvalue weighted by Crippen LogP contribution is -2.34. The van der Waals surface area contributed by atoms with Crippen molar-refractivity contribution in [2.24, 2.45) is 0 Å². The predicted octanol–water partition coefficient (Wildman–Crippen LogP) is 1.89. The number of benzene rings is 1. The highest BCUT2D eigenvalue weighted by Crippen LogP contribution is 2.35. The average Bonchev–Trinajstić information content (AvgIpc) is 2.86. The first kappa shape index (κ1) is 17.0. The Kier molecular flexibility index (Phi) is 5.58. The van der Waals surface area contributed by atoms with Gasteiger partial charge in [0.25, 0.3) is 0 Å². The Hall–Kier alpha value is -1.40. The van der Waals surface area contributed by atoms with Gasteiger partial charge in [0.15, 0.2) is 9.84 Å². The highest BCUT2D eigenvalue weighted by atomic mass is 32.2. The van der Waals surface area contributed by atoms with Crippen LogP contribution in [-0.4, -0.2) is 49.0 Å². The van der Waals surface area contributed by atoms with E-state index in [1.807, 2.05) is 12.1 Å². The molecule has 0 spiro atoms.